The van der Waals surface area contributed by atoms with Crippen molar-refractivity contribution in [2.24, 2.45) is 0 Å². The second-order valence-electron chi connectivity index (χ2n) is 3.61. The third-order valence-corrected chi connectivity index (χ3v) is 2.79. The first-order valence-corrected chi connectivity index (χ1v) is 5.37. The van der Waals surface area contributed by atoms with Crippen LogP contribution >= 0.6 is 11.6 Å². The molecule has 94 valence electrons. The first-order chi connectivity index (χ1) is 8.40. The molecule has 0 N–H and O–H groups in total. The van der Waals surface area contributed by atoms with Crippen molar-refractivity contribution in [3.8, 4) is 6.07 Å². The third kappa shape index (κ3) is 2.57. The molecule has 0 bridgehead atoms. The fraction of sp³-hybridized carbons (Fsp3) is 0.273. The Labute approximate surface area is 109 Å². The van der Waals surface area contributed by atoms with Gasteiger partial charge in [-0.15, -0.1) is 0 Å². The van der Waals surface area contributed by atoms with E-state index in [0.29, 0.717) is 0 Å². The van der Waals surface area contributed by atoms with Crippen LogP contribution in [0.1, 0.15) is 17.3 Å². The Morgan fingerprint density at radius 1 is 1.61 bits per heavy atom. The lowest BCUT2D eigenvalue weighted by atomic mass is 10.1. The van der Waals surface area contributed by atoms with E-state index in [1.165, 1.54) is 32.2 Å². The molecule has 0 spiro atoms. The van der Waals surface area contributed by atoms with Crippen molar-refractivity contribution < 1.29 is 9.72 Å². The highest BCUT2D eigenvalue weighted by molar-refractivity contribution is 6.33. The summed E-state index contributed by atoms with van der Waals surface area (Å²) in [6, 6.07) is 5.30. The van der Waals surface area contributed by atoms with Gasteiger partial charge in [0.1, 0.15) is 16.6 Å². The zero-order valence-corrected chi connectivity index (χ0v) is 10.5. The van der Waals surface area contributed by atoms with Gasteiger partial charge in [0.05, 0.1) is 11.0 Å². The van der Waals surface area contributed by atoms with E-state index < -0.39 is 22.6 Å². The van der Waals surface area contributed by atoms with Crippen molar-refractivity contribution in [3.05, 3.63) is 38.9 Å². The van der Waals surface area contributed by atoms with Crippen molar-refractivity contribution in [2.75, 3.05) is 7.05 Å². The predicted molar refractivity (Wildman–Crippen MR) is 65.3 cm³/mol. The molecule has 1 rings (SSSR count). The molecule has 1 unspecified atom stereocenters. The van der Waals surface area contributed by atoms with E-state index in [0.717, 1.165) is 4.90 Å². The first-order valence-electron chi connectivity index (χ1n) is 4.99. The van der Waals surface area contributed by atoms with Gasteiger partial charge in [-0.1, -0.05) is 17.7 Å². The number of para-hydroxylation sites is 1. The standard InChI is InChI=1S/C11H10ClN3O3/c1-7(6-13)14(2)11(16)8-4-3-5-9(12)10(8)15(17)18/h3-5,7H,1-2H3. The van der Waals surface area contributed by atoms with Gasteiger partial charge in [-0.2, -0.15) is 5.26 Å². The van der Waals surface area contributed by atoms with Crippen LogP contribution in [0, 0.1) is 21.4 Å². The number of hydrogen-bond acceptors (Lipinski definition) is 4. The van der Waals surface area contributed by atoms with E-state index in [1.807, 2.05) is 6.07 Å². The lowest BCUT2D eigenvalue weighted by molar-refractivity contribution is -0.385. The van der Waals surface area contributed by atoms with E-state index in [2.05, 4.69) is 0 Å². The molecule has 1 amide bonds. The number of benzene rings is 1. The smallest absolute Gasteiger partial charge is 0.300 e. The van der Waals surface area contributed by atoms with Crippen molar-refractivity contribution >= 4 is 23.2 Å². The summed E-state index contributed by atoms with van der Waals surface area (Å²) in [5.41, 5.74) is -0.571. The molecule has 1 aromatic carbocycles. The van der Waals surface area contributed by atoms with Crippen LogP contribution in [0.4, 0.5) is 5.69 Å². The summed E-state index contributed by atoms with van der Waals surface area (Å²) < 4.78 is 0. The number of amides is 1. The second kappa shape index (κ2) is 5.47. The van der Waals surface area contributed by atoms with Crippen LogP contribution in [0.15, 0.2) is 18.2 Å². The first kappa shape index (κ1) is 13.9. The number of carbonyl (C=O) groups excluding carboxylic acids is 1. The van der Waals surface area contributed by atoms with Crippen LogP contribution in [-0.4, -0.2) is 28.8 Å². The van der Waals surface area contributed by atoms with E-state index in [4.69, 9.17) is 16.9 Å². The Bertz CT molecular complexity index is 539. The molecule has 1 atom stereocenters. The average Bonchev–Trinajstić information content (AvgIpc) is 2.35. The molecule has 0 aromatic heterocycles. The highest BCUT2D eigenvalue weighted by Crippen LogP contribution is 2.29. The minimum Gasteiger partial charge on any atom is -0.326 e. The summed E-state index contributed by atoms with van der Waals surface area (Å²) in [5.74, 6) is -0.613. The van der Waals surface area contributed by atoms with Crippen LogP contribution in [0.5, 0.6) is 0 Å². The van der Waals surface area contributed by atoms with Crippen LogP contribution < -0.4 is 0 Å². The highest BCUT2D eigenvalue weighted by Gasteiger charge is 2.27. The van der Waals surface area contributed by atoms with Crippen LogP contribution in [0.25, 0.3) is 0 Å². The van der Waals surface area contributed by atoms with Gasteiger partial charge in [0.2, 0.25) is 0 Å². The lowest BCUT2D eigenvalue weighted by Crippen LogP contribution is -2.34. The van der Waals surface area contributed by atoms with Crippen LogP contribution in [0.3, 0.4) is 0 Å². The molecule has 0 heterocycles. The normalized spacial score (nSPS) is 11.4. The molecule has 0 aliphatic carbocycles. The lowest BCUT2D eigenvalue weighted by Gasteiger charge is -2.19. The Balaban J connectivity index is 3.27. The molecule has 0 saturated carbocycles. The van der Waals surface area contributed by atoms with E-state index in [1.54, 1.807) is 0 Å². The number of nitro benzene ring substituents is 1. The van der Waals surface area contributed by atoms with Gasteiger partial charge >= 0.3 is 5.69 Å². The monoisotopic (exact) mass is 267 g/mol. The Morgan fingerprint density at radius 2 is 2.22 bits per heavy atom. The molecular weight excluding hydrogens is 258 g/mol. The van der Waals surface area contributed by atoms with Gasteiger partial charge in [0, 0.05) is 7.05 Å². The van der Waals surface area contributed by atoms with Crippen molar-refractivity contribution in [3.63, 3.8) is 0 Å². The fourth-order valence-electron chi connectivity index (χ4n) is 1.33. The maximum Gasteiger partial charge on any atom is 0.300 e. The summed E-state index contributed by atoms with van der Waals surface area (Å²) in [6.07, 6.45) is 0. The molecule has 1 aromatic rings. The summed E-state index contributed by atoms with van der Waals surface area (Å²) in [5, 5.41) is 19.5. The van der Waals surface area contributed by atoms with Crippen LogP contribution in [-0.2, 0) is 0 Å². The number of rotatable bonds is 3. The Morgan fingerprint density at radius 3 is 2.72 bits per heavy atom. The minimum absolute atomic E-state index is 0.108. The number of nitro groups is 1. The predicted octanol–water partition coefficient (Wildman–Crippen LogP) is 2.23. The minimum atomic E-state index is -0.708. The molecule has 0 saturated heterocycles. The quantitative estimate of drug-likeness (QED) is 0.620. The molecule has 18 heavy (non-hydrogen) atoms. The van der Waals surface area contributed by atoms with Crippen molar-refractivity contribution in [1.29, 1.82) is 5.26 Å². The van der Waals surface area contributed by atoms with Gasteiger partial charge in [-0.05, 0) is 19.1 Å². The number of nitriles is 1. The number of carbonyl (C=O) groups is 1. The summed E-state index contributed by atoms with van der Waals surface area (Å²) in [4.78, 5) is 23.3. The van der Waals surface area contributed by atoms with Gasteiger partial charge in [-0.3, -0.25) is 14.9 Å². The maximum absolute atomic E-state index is 12.0. The number of halogens is 1. The topological polar surface area (TPSA) is 87.2 Å². The molecule has 6 nitrogen and oxygen atoms in total. The number of hydrogen-bond donors (Lipinski definition) is 0. The largest absolute Gasteiger partial charge is 0.326 e. The van der Waals surface area contributed by atoms with E-state index >= 15 is 0 Å². The number of nitrogens with zero attached hydrogens (tertiary/aromatic N) is 3. The van der Waals surface area contributed by atoms with Gasteiger partial charge in [0.25, 0.3) is 5.91 Å². The van der Waals surface area contributed by atoms with Gasteiger partial charge in [-0.25, -0.2) is 0 Å². The molecule has 0 aliphatic heterocycles. The molecule has 0 aliphatic rings. The van der Waals surface area contributed by atoms with Crippen molar-refractivity contribution in [2.45, 2.75) is 13.0 Å². The van der Waals surface area contributed by atoms with E-state index in [9.17, 15) is 14.9 Å². The SMILES string of the molecule is CC(C#N)N(C)C(=O)c1cccc(Cl)c1[N+](=O)[O-]. The second-order valence-corrected chi connectivity index (χ2v) is 4.02. The molecule has 0 radical (unpaired) electrons. The zero-order valence-electron chi connectivity index (χ0n) is 9.75. The molecule has 0 fully saturated rings. The summed E-state index contributed by atoms with van der Waals surface area (Å²) in [6.45, 7) is 1.52. The average molecular weight is 268 g/mol. The Kier molecular flexibility index (Phi) is 4.23. The molecule has 7 heteroatoms. The van der Waals surface area contributed by atoms with Gasteiger partial charge in [0.15, 0.2) is 0 Å². The van der Waals surface area contributed by atoms with Crippen LogP contribution in [0.2, 0.25) is 5.02 Å². The molecular formula is C11H10ClN3O3. The fourth-order valence-corrected chi connectivity index (χ4v) is 1.57. The highest BCUT2D eigenvalue weighted by atomic mass is 35.5. The zero-order chi connectivity index (χ0) is 13.9. The van der Waals surface area contributed by atoms with E-state index in [-0.39, 0.29) is 10.6 Å². The summed E-state index contributed by atoms with van der Waals surface area (Å²) >= 11 is 5.71. The van der Waals surface area contributed by atoms with Crippen molar-refractivity contribution in [1.82, 2.24) is 4.90 Å². The van der Waals surface area contributed by atoms with Gasteiger partial charge < -0.3 is 4.90 Å². The Hall–Kier alpha value is -2.13. The third-order valence-electron chi connectivity index (χ3n) is 2.49. The maximum atomic E-state index is 12.0. The summed E-state index contributed by atoms with van der Waals surface area (Å²) in [7, 11) is 1.40.